The Balaban J connectivity index is 1.95. The third-order valence-corrected chi connectivity index (χ3v) is 7.85. The number of hydrazone groups is 1. The predicted octanol–water partition coefficient (Wildman–Crippen LogP) is 5.45. The molecule has 0 unspecified atom stereocenters. The molecule has 10 nitrogen and oxygen atoms in total. The number of nitrogens with zero attached hydrogens (tertiary/aromatic N) is 2. The smallest absolute Gasteiger partial charge is 0.279 e. The van der Waals surface area contributed by atoms with Gasteiger partial charge in [0.05, 0.1) is 54.1 Å². The highest BCUT2D eigenvalue weighted by atomic mass is 32.2. The number of benzene rings is 3. The van der Waals surface area contributed by atoms with Crippen molar-refractivity contribution in [3.63, 3.8) is 0 Å². The summed E-state index contributed by atoms with van der Waals surface area (Å²) in [5.74, 6) is 3.15. The highest BCUT2D eigenvalue weighted by Crippen LogP contribution is 2.36. The lowest BCUT2D eigenvalue weighted by molar-refractivity contribution is 0.348. The maximum absolute atomic E-state index is 13.6. The summed E-state index contributed by atoms with van der Waals surface area (Å²) < 4.78 is 60.5. The predicted molar refractivity (Wildman–Crippen MR) is 164 cm³/mol. The number of aryl methyl sites for hydroxylation is 1. The molecule has 0 heterocycles. The van der Waals surface area contributed by atoms with Gasteiger partial charge >= 0.3 is 0 Å². The molecule has 0 bridgehead atoms. The molecule has 11 heteroatoms. The zero-order valence-electron chi connectivity index (χ0n) is 24.8. The van der Waals surface area contributed by atoms with Gasteiger partial charge < -0.3 is 28.4 Å². The molecule has 0 aliphatic carbocycles. The third-order valence-electron chi connectivity index (χ3n) is 6.18. The van der Waals surface area contributed by atoms with Crippen LogP contribution in [0.4, 0.5) is 0 Å². The number of methoxy groups -OCH3 is 6. The molecule has 3 aromatic carbocycles. The first kappa shape index (κ1) is 31.9. The summed E-state index contributed by atoms with van der Waals surface area (Å²) in [5, 5.41) is 4.29. The van der Waals surface area contributed by atoms with Gasteiger partial charge in [0.2, 0.25) is 0 Å². The molecule has 0 radical (unpaired) electrons. The van der Waals surface area contributed by atoms with Gasteiger partial charge in [0.25, 0.3) is 10.0 Å². The number of hydrogen-bond acceptors (Lipinski definition) is 9. The third kappa shape index (κ3) is 7.55. The van der Waals surface area contributed by atoms with Crippen LogP contribution in [0, 0.1) is 6.92 Å². The van der Waals surface area contributed by atoms with E-state index in [1.165, 1.54) is 41.8 Å². The Morgan fingerprint density at radius 1 is 0.667 bits per heavy atom. The highest BCUT2D eigenvalue weighted by Gasteiger charge is 2.22. The molecule has 42 heavy (non-hydrogen) atoms. The Kier molecular flexibility index (Phi) is 11.3. The van der Waals surface area contributed by atoms with Crippen LogP contribution >= 0.6 is 0 Å². The number of sulfonamides is 1. The van der Waals surface area contributed by atoms with Gasteiger partial charge in [-0.25, -0.2) is 0 Å². The highest BCUT2D eigenvalue weighted by molar-refractivity contribution is 7.89. The molecule has 0 saturated heterocycles. The van der Waals surface area contributed by atoms with Crippen molar-refractivity contribution in [1.82, 2.24) is 4.41 Å². The Hall–Kier alpha value is -4.64. The molecule has 0 aliphatic heterocycles. The van der Waals surface area contributed by atoms with Crippen LogP contribution in [-0.2, 0) is 10.0 Å². The summed E-state index contributed by atoms with van der Waals surface area (Å²) in [6, 6.07) is 13.5. The Morgan fingerprint density at radius 2 is 1.12 bits per heavy atom. The number of allylic oxidation sites excluding steroid dienone is 1. The molecule has 0 aliphatic rings. The van der Waals surface area contributed by atoms with Gasteiger partial charge in [-0.2, -0.15) is 17.9 Å². The van der Waals surface area contributed by atoms with Crippen LogP contribution in [0.25, 0.3) is 12.2 Å². The van der Waals surface area contributed by atoms with E-state index in [9.17, 15) is 8.42 Å². The first-order chi connectivity index (χ1) is 20.2. The monoisotopic (exact) mass is 596 g/mol. The zero-order valence-corrected chi connectivity index (χ0v) is 25.6. The second-order valence-corrected chi connectivity index (χ2v) is 10.6. The quantitative estimate of drug-likeness (QED) is 0.179. The van der Waals surface area contributed by atoms with Crippen molar-refractivity contribution in [2.75, 3.05) is 49.2 Å². The topological polar surface area (TPSA) is 105 Å². The summed E-state index contributed by atoms with van der Waals surface area (Å²) in [4.78, 5) is 0.118. The van der Waals surface area contributed by atoms with Gasteiger partial charge in [0.1, 0.15) is 11.5 Å². The average molecular weight is 597 g/mol. The molecule has 0 fully saturated rings. The molecule has 224 valence electrons. The molecule has 0 atom stereocenters. The molecular formula is C31H36N2O8S. The molecule has 3 rings (SSSR count). The summed E-state index contributed by atoms with van der Waals surface area (Å²) in [5.41, 5.74) is 2.30. The van der Waals surface area contributed by atoms with Crippen molar-refractivity contribution in [3.05, 3.63) is 77.4 Å². The zero-order chi connectivity index (χ0) is 30.7. The average Bonchev–Trinajstić information content (AvgIpc) is 3.01. The lowest BCUT2D eigenvalue weighted by Gasteiger charge is -2.17. The lowest BCUT2D eigenvalue weighted by Crippen LogP contribution is -2.26. The fourth-order valence-electron chi connectivity index (χ4n) is 3.93. The molecule has 0 aromatic heterocycles. The summed E-state index contributed by atoms with van der Waals surface area (Å²) in [6.45, 7) is 1.83. The molecule has 0 saturated carbocycles. The summed E-state index contributed by atoms with van der Waals surface area (Å²) in [6.07, 6.45) is 8.15. The standard InChI is InChI=1S/C31H36N2O8S/c1-22-12-14-25(15-13-22)42(34,35)33(17-9-11-24-19-29(39-5)31(41-7)21-27(24)37-3)32-16-8-10-23-18-28(38-4)30(40-6)20-26(23)36-2/h8-16,18-21H,17H2,1-7H3. The first-order valence-corrected chi connectivity index (χ1v) is 14.2. The number of rotatable bonds is 14. The van der Waals surface area contributed by atoms with Crippen LogP contribution in [0.5, 0.6) is 34.5 Å². The Labute approximate surface area is 247 Å². The van der Waals surface area contributed by atoms with E-state index in [1.54, 1.807) is 79.9 Å². The van der Waals surface area contributed by atoms with Gasteiger partial charge in [0.15, 0.2) is 23.0 Å². The fourth-order valence-corrected chi connectivity index (χ4v) is 5.12. The van der Waals surface area contributed by atoms with Gasteiger partial charge in [-0.1, -0.05) is 29.8 Å². The van der Waals surface area contributed by atoms with Crippen LogP contribution in [-0.4, -0.2) is 68.3 Å². The largest absolute Gasteiger partial charge is 0.496 e. The first-order valence-electron chi connectivity index (χ1n) is 12.8. The minimum Gasteiger partial charge on any atom is -0.496 e. The van der Waals surface area contributed by atoms with E-state index >= 15 is 0 Å². The van der Waals surface area contributed by atoms with Gasteiger partial charge in [-0.15, -0.1) is 0 Å². The number of ether oxygens (including phenoxy) is 6. The minimum atomic E-state index is -3.98. The molecule has 0 spiro atoms. The fraction of sp³-hybridized carbons (Fsp3) is 0.258. The van der Waals surface area contributed by atoms with Gasteiger partial charge in [-0.05, 0) is 43.3 Å². The van der Waals surface area contributed by atoms with Gasteiger partial charge in [-0.3, -0.25) is 0 Å². The molecule has 3 aromatic rings. The van der Waals surface area contributed by atoms with Crippen LogP contribution < -0.4 is 28.4 Å². The maximum Gasteiger partial charge on any atom is 0.279 e. The van der Waals surface area contributed by atoms with E-state index < -0.39 is 10.0 Å². The van der Waals surface area contributed by atoms with Crippen LogP contribution in [0.15, 0.2) is 70.7 Å². The van der Waals surface area contributed by atoms with E-state index in [4.69, 9.17) is 28.4 Å². The second-order valence-electron chi connectivity index (χ2n) is 8.75. The molecule has 0 amide bonds. The van der Waals surface area contributed by atoms with Gasteiger partial charge in [0, 0.05) is 29.5 Å². The van der Waals surface area contributed by atoms with Crippen molar-refractivity contribution >= 4 is 28.4 Å². The SMILES string of the molecule is COc1cc(OC)c(OC)cc1C=CC=NN(CC=Cc1cc(OC)c(OC)cc1OC)S(=O)(=O)c1ccc(C)cc1. The molecular weight excluding hydrogens is 560 g/mol. The van der Waals surface area contributed by atoms with E-state index in [1.807, 2.05) is 6.92 Å². The van der Waals surface area contributed by atoms with E-state index in [2.05, 4.69) is 5.10 Å². The number of hydrogen-bond donors (Lipinski definition) is 0. The minimum absolute atomic E-state index is 0.0578. The van der Waals surface area contributed by atoms with E-state index in [-0.39, 0.29) is 11.4 Å². The van der Waals surface area contributed by atoms with Crippen molar-refractivity contribution in [2.45, 2.75) is 11.8 Å². The lowest BCUT2D eigenvalue weighted by atomic mass is 10.1. The second kappa shape index (κ2) is 14.8. The maximum atomic E-state index is 13.6. The van der Waals surface area contributed by atoms with Crippen LogP contribution in [0.2, 0.25) is 0 Å². The van der Waals surface area contributed by atoms with Crippen molar-refractivity contribution in [2.24, 2.45) is 5.10 Å². The Morgan fingerprint density at radius 3 is 1.60 bits per heavy atom. The van der Waals surface area contributed by atoms with Crippen LogP contribution in [0.1, 0.15) is 16.7 Å². The summed E-state index contributed by atoms with van der Waals surface area (Å²) in [7, 11) is 5.26. The van der Waals surface area contributed by atoms with Crippen molar-refractivity contribution in [3.8, 4) is 34.5 Å². The summed E-state index contributed by atoms with van der Waals surface area (Å²) >= 11 is 0. The van der Waals surface area contributed by atoms with Crippen LogP contribution in [0.3, 0.4) is 0 Å². The molecule has 0 N–H and O–H groups in total. The Bertz CT molecular complexity index is 1550. The van der Waals surface area contributed by atoms with Crippen molar-refractivity contribution in [1.29, 1.82) is 0 Å². The normalized spacial score (nSPS) is 11.7. The van der Waals surface area contributed by atoms with Crippen molar-refractivity contribution < 1.29 is 36.8 Å². The van der Waals surface area contributed by atoms with E-state index in [0.717, 1.165) is 9.98 Å². The van der Waals surface area contributed by atoms with E-state index in [0.29, 0.717) is 45.6 Å².